The van der Waals surface area contributed by atoms with Crippen molar-refractivity contribution in [3.8, 4) is 0 Å². The first-order valence-electron chi connectivity index (χ1n) is 9.34. The van der Waals surface area contributed by atoms with E-state index in [1.807, 2.05) is 61.5 Å². The van der Waals surface area contributed by atoms with Gasteiger partial charge >= 0.3 is 0 Å². The van der Waals surface area contributed by atoms with Gasteiger partial charge in [0.15, 0.2) is 0 Å². The molecular weight excluding hydrogens is 360 g/mol. The second-order valence-corrected chi connectivity index (χ2v) is 6.67. The summed E-state index contributed by atoms with van der Waals surface area (Å²) in [5.41, 5.74) is 3.88. The molecule has 29 heavy (non-hydrogen) atoms. The van der Waals surface area contributed by atoms with Crippen molar-refractivity contribution < 1.29 is 9.21 Å². The molecule has 0 unspecified atom stereocenters. The number of benzene rings is 2. The Morgan fingerprint density at radius 1 is 1.03 bits per heavy atom. The van der Waals surface area contributed by atoms with Crippen LogP contribution in [0.2, 0.25) is 0 Å². The van der Waals surface area contributed by atoms with Crippen LogP contribution in [0, 0.1) is 6.92 Å². The molecule has 0 aliphatic heterocycles. The van der Waals surface area contributed by atoms with Crippen molar-refractivity contribution in [3.63, 3.8) is 0 Å². The van der Waals surface area contributed by atoms with E-state index >= 15 is 0 Å². The van der Waals surface area contributed by atoms with Gasteiger partial charge in [0, 0.05) is 40.5 Å². The number of hydrogen-bond donors (Lipinski definition) is 1. The lowest BCUT2D eigenvalue weighted by molar-refractivity contribution is -0.111. The maximum atomic E-state index is 12.4. The molecule has 0 saturated heterocycles. The second kappa shape index (κ2) is 8.40. The van der Waals surface area contributed by atoms with Crippen LogP contribution in [0.4, 0.5) is 5.69 Å². The number of carbonyl (C=O) groups is 1. The van der Waals surface area contributed by atoms with Gasteiger partial charge in [-0.2, -0.15) is 0 Å². The standard InChI is InChI=1S/C25H20N2O2/c1-18-10-12-19(13-11-18)22(24-8-4-16-29-24)6-3-9-25(28)27-23-7-2-5-20-17-26-15-14-21(20)23/h2-17H,1H3,(H,27,28)/b9-3+,22-6+. The largest absolute Gasteiger partial charge is 0.464 e. The van der Waals surface area contributed by atoms with Gasteiger partial charge in [0.25, 0.3) is 0 Å². The number of fused-ring (bicyclic) bond motifs is 1. The smallest absolute Gasteiger partial charge is 0.248 e. The summed E-state index contributed by atoms with van der Waals surface area (Å²) in [5, 5.41) is 4.87. The molecular formula is C25H20N2O2. The maximum absolute atomic E-state index is 12.4. The van der Waals surface area contributed by atoms with Crippen LogP contribution < -0.4 is 5.32 Å². The van der Waals surface area contributed by atoms with Gasteiger partial charge in [-0.3, -0.25) is 9.78 Å². The Balaban J connectivity index is 1.56. The minimum Gasteiger partial charge on any atom is -0.464 e. The van der Waals surface area contributed by atoms with Gasteiger partial charge in [-0.1, -0.05) is 54.1 Å². The first-order chi connectivity index (χ1) is 14.2. The van der Waals surface area contributed by atoms with Crippen molar-refractivity contribution in [2.45, 2.75) is 6.92 Å². The Morgan fingerprint density at radius 2 is 1.90 bits per heavy atom. The number of rotatable bonds is 5. The van der Waals surface area contributed by atoms with Crippen molar-refractivity contribution in [1.82, 2.24) is 4.98 Å². The zero-order chi connectivity index (χ0) is 20.1. The molecule has 4 heteroatoms. The van der Waals surface area contributed by atoms with Crippen molar-refractivity contribution in [1.29, 1.82) is 0 Å². The summed E-state index contributed by atoms with van der Waals surface area (Å²) in [6.07, 6.45) is 10.3. The summed E-state index contributed by atoms with van der Waals surface area (Å²) >= 11 is 0. The second-order valence-electron chi connectivity index (χ2n) is 6.67. The van der Waals surface area contributed by atoms with Crippen LogP contribution >= 0.6 is 0 Å². The molecule has 0 bridgehead atoms. The van der Waals surface area contributed by atoms with E-state index in [4.69, 9.17) is 4.42 Å². The average Bonchev–Trinajstić information content (AvgIpc) is 3.27. The number of amides is 1. The van der Waals surface area contributed by atoms with Crippen LogP contribution in [-0.4, -0.2) is 10.9 Å². The maximum Gasteiger partial charge on any atom is 0.248 e. The molecule has 0 aliphatic carbocycles. The van der Waals surface area contributed by atoms with Crippen LogP contribution in [0.5, 0.6) is 0 Å². The van der Waals surface area contributed by atoms with E-state index in [9.17, 15) is 4.79 Å². The molecule has 0 aliphatic rings. The molecule has 0 atom stereocenters. The number of allylic oxidation sites excluding steroid dienone is 2. The molecule has 0 saturated carbocycles. The molecule has 1 N–H and O–H groups in total. The molecule has 4 rings (SSSR count). The molecule has 0 fully saturated rings. The lowest BCUT2D eigenvalue weighted by Crippen LogP contribution is -2.08. The van der Waals surface area contributed by atoms with E-state index in [1.165, 1.54) is 11.6 Å². The minimum absolute atomic E-state index is 0.201. The van der Waals surface area contributed by atoms with Gasteiger partial charge in [0.05, 0.1) is 6.26 Å². The van der Waals surface area contributed by atoms with E-state index in [1.54, 1.807) is 24.7 Å². The van der Waals surface area contributed by atoms with Crippen molar-refractivity contribution in [2.75, 3.05) is 5.32 Å². The van der Waals surface area contributed by atoms with Gasteiger partial charge < -0.3 is 9.73 Å². The lowest BCUT2D eigenvalue weighted by atomic mass is 10.0. The molecule has 4 nitrogen and oxygen atoms in total. The zero-order valence-corrected chi connectivity index (χ0v) is 16.0. The highest BCUT2D eigenvalue weighted by atomic mass is 16.3. The summed E-state index contributed by atoms with van der Waals surface area (Å²) in [5.74, 6) is 0.550. The van der Waals surface area contributed by atoms with Gasteiger partial charge in [0.1, 0.15) is 5.76 Å². The SMILES string of the molecule is Cc1ccc(/C(=C\C=C\C(=O)Nc2cccc3cnccc23)c2ccco2)cc1. The molecule has 0 radical (unpaired) electrons. The van der Waals surface area contributed by atoms with Gasteiger partial charge in [-0.05, 0) is 36.8 Å². The van der Waals surface area contributed by atoms with Crippen LogP contribution in [0.1, 0.15) is 16.9 Å². The average molecular weight is 380 g/mol. The monoisotopic (exact) mass is 380 g/mol. The molecule has 2 aromatic carbocycles. The van der Waals surface area contributed by atoms with Crippen LogP contribution in [0.25, 0.3) is 16.3 Å². The summed E-state index contributed by atoms with van der Waals surface area (Å²) in [6, 6.07) is 19.6. The van der Waals surface area contributed by atoms with Crippen molar-refractivity contribution in [2.24, 2.45) is 0 Å². The normalized spacial score (nSPS) is 11.8. The minimum atomic E-state index is -0.201. The van der Waals surface area contributed by atoms with Gasteiger partial charge in [-0.25, -0.2) is 0 Å². The fraction of sp³-hybridized carbons (Fsp3) is 0.0400. The highest BCUT2D eigenvalue weighted by molar-refractivity contribution is 6.06. The van der Waals surface area contributed by atoms with Gasteiger partial charge in [0.2, 0.25) is 5.91 Å². The Labute approximate surface area is 169 Å². The zero-order valence-electron chi connectivity index (χ0n) is 16.0. The highest BCUT2D eigenvalue weighted by Gasteiger charge is 2.07. The molecule has 1 amide bonds. The molecule has 0 spiro atoms. The fourth-order valence-corrected chi connectivity index (χ4v) is 3.12. The Kier molecular flexibility index (Phi) is 5.34. The van der Waals surface area contributed by atoms with E-state index in [-0.39, 0.29) is 5.91 Å². The number of carbonyl (C=O) groups excluding carboxylic acids is 1. The third-order valence-corrected chi connectivity index (χ3v) is 4.60. The quantitative estimate of drug-likeness (QED) is 0.354. The van der Waals surface area contributed by atoms with E-state index in [2.05, 4.69) is 22.4 Å². The van der Waals surface area contributed by atoms with E-state index < -0.39 is 0 Å². The lowest BCUT2D eigenvalue weighted by Gasteiger charge is -2.06. The fourth-order valence-electron chi connectivity index (χ4n) is 3.12. The summed E-state index contributed by atoms with van der Waals surface area (Å²) in [4.78, 5) is 16.6. The number of pyridine rings is 1. The first-order valence-corrected chi connectivity index (χ1v) is 9.34. The summed E-state index contributed by atoms with van der Waals surface area (Å²) in [7, 11) is 0. The predicted molar refractivity (Wildman–Crippen MR) is 116 cm³/mol. The number of anilines is 1. The molecule has 2 aromatic heterocycles. The van der Waals surface area contributed by atoms with E-state index in [0.717, 1.165) is 33.4 Å². The van der Waals surface area contributed by atoms with Crippen molar-refractivity contribution in [3.05, 3.63) is 114 Å². The first kappa shape index (κ1) is 18.4. The number of furan rings is 1. The van der Waals surface area contributed by atoms with Crippen LogP contribution in [-0.2, 0) is 4.79 Å². The van der Waals surface area contributed by atoms with Gasteiger partial charge in [-0.15, -0.1) is 0 Å². The Hall–Kier alpha value is -3.92. The Bertz CT molecular complexity index is 1180. The Morgan fingerprint density at radius 3 is 2.69 bits per heavy atom. The molecule has 142 valence electrons. The highest BCUT2D eigenvalue weighted by Crippen LogP contribution is 2.25. The third kappa shape index (κ3) is 4.33. The third-order valence-electron chi connectivity index (χ3n) is 4.60. The summed E-state index contributed by atoms with van der Waals surface area (Å²) < 4.78 is 5.57. The number of nitrogens with zero attached hydrogens (tertiary/aromatic N) is 1. The van der Waals surface area contributed by atoms with Crippen LogP contribution in [0.15, 0.2) is 102 Å². The topological polar surface area (TPSA) is 55.1 Å². The number of hydrogen-bond acceptors (Lipinski definition) is 3. The number of nitrogens with one attached hydrogen (secondary N) is 1. The van der Waals surface area contributed by atoms with E-state index in [0.29, 0.717) is 0 Å². The molecule has 2 heterocycles. The number of aryl methyl sites for hydroxylation is 1. The van der Waals surface area contributed by atoms with Crippen molar-refractivity contribution >= 4 is 27.9 Å². The van der Waals surface area contributed by atoms with Crippen LogP contribution in [0.3, 0.4) is 0 Å². The summed E-state index contributed by atoms with van der Waals surface area (Å²) in [6.45, 7) is 2.05. The predicted octanol–water partition coefficient (Wildman–Crippen LogP) is 5.76. The number of aromatic nitrogens is 1. The molecule has 4 aromatic rings.